The van der Waals surface area contributed by atoms with Gasteiger partial charge in [0.05, 0.1) is 24.2 Å². The fourth-order valence-electron chi connectivity index (χ4n) is 2.78. The number of hydrogen-bond donors (Lipinski definition) is 1. The number of ether oxygens (including phenoxy) is 1. The Labute approximate surface area is 119 Å². The van der Waals surface area contributed by atoms with Crippen LogP contribution in [-0.2, 0) is 0 Å². The zero-order valence-corrected chi connectivity index (χ0v) is 11.6. The first-order valence-electron chi connectivity index (χ1n) is 6.88. The predicted molar refractivity (Wildman–Crippen MR) is 81.2 cm³/mol. The number of anilines is 2. The first-order chi connectivity index (χ1) is 9.75. The van der Waals surface area contributed by atoms with Gasteiger partial charge in [-0.2, -0.15) is 0 Å². The summed E-state index contributed by atoms with van der Waals surface area (Å²) in [5, 5.41) is 0. The van der Waals surface area contributed by atoms with E-state index < -0.39 is 0 Å². The van der Waals surface area contributed by atoms with Gasteiger partial charge in [-0.05, 0) is 24.1 Å². The number of fused-ring (bicyclic) bond motifs is 1. The number of likely N-dealkylation sites (N-methyl/N-ethyl adjacent to an activating group) is 1. The van der Waals surface area contributed by atoms with Gasteiger partial charge in [0.25, 0.3) is 0 Å². The third kappa shape index (κ3) is 2.41. The van der Waals surface area contributed by atoms with Crippen molar-refractivity contribution >= 4 is 11.4 Å². The van der Waals surface area contributed by atoms with Crippen molar-refractivity contribution in [2.45, 2.75) is 12.3 Å². The van der Waals surface area contributed by atoms with Crippen molar-refractivity contribution in [1.82, 2.24) is 4.98 Å². The van der Waals surface area contributed by atoms with E-state index in [1.807, 2.05) is 18.2 Å². The van der Waals surface area contributed by atoms with E-state index in [0.717, 1.165) is 36.7 Å². The molecular formula is C16H19N3O. The highest BCUT2D eigenvalue weighted by Crippen LogP contribution is 2.34. The molecule has 1 aromatic carbocycles. The Morgan fingerprint density at radius 1 is 1.35 bits per heavy atom. The van der Waals surface area contributed by atoms with Crippen molar-refractivity contribution in [3.8, 4) is 5.75 Å². The van der Waals surface area contributed by atoms with Gasteiger partial charge >= 0.3 is 0 Å². The standard InChI is InChI=1S/C16H19N3O/c1-19(15-6-8-18-10-14(15)17)11-12-7-9-20-16-5-3-2-4-13(12)16/h2-6,8,10,12H,7,9,11,17H2,1H3. The van der Waals surface area contributed by atoms with Gasteiger partial charge in [-0.25, -0.2) is 0 Å². The van der Waals surface area contributed by atoms with Crippen LogP contribution in [-0.4, -0.2) is 25.2 Å². The number of hydrogen-bond acceptors (Lipinski definition) is 4. The van der Waals surface area contributed by atoms with Crippen LogP contribution in [0.5, 0.6) is 5.75 Å². The monoisotopic (exact) mass is 269 g/mol. The lowest BCUT2D eigenvalue weighted by molar-refractivity contribution is 0.268. The second kappa shape index (κ2) is 5.41. The summed E-state index contributed by atoms with van der Waals surface area (Å²) in [6.45, 7) is 1.70. The number of nitrogens with zero attached hydrogens (tertiary/aromatic N) is 2. The summed E-state index contributed by atoms with van der Waals surface area (Å²) >= 11 is 0. The average molecular weight is 269 g/mol. The smallest absolute Gasteiger partial charge is 0.122 e. The van der Waals surface area contributed by atoms with Crippen molar-refractivity contribution in [3.63, 3.8) is 0 Å². The number of nitrogen functional groups attached to an aromatic ring is 1. The van der Waals surface area contributed by atoms with Crippen LogP contribution >= 0.6 is 0 Å². The zero-order valence-electron chi connectivity index (χ0n) is 11.6. The SMILES string of the molecule is CN(CC1CCOc2ccccc21)c1ccncc1N. The molecule has 2 heterocycles. The minimum absolute atomic E-state index is 0.470. The van der Waals surface area contributed by atoms with E-state index in [9.17, 15) is 0 Å². The third-order valence-corrected chi connectivity index (χ3v) is 3.82. The molecule has 0 aliphatic carbocycles. The Morgan fingerprint density at radius 3 is 3.05 bits per heavy atom. The number of benzene rings is 1. The number of para-hydroxylation sites is 1. The first kappa shape index (κ1) is 12.8. The lowest BCUT2D eigenvalue weighted by Crippen LogP contribution is -2.28. The van der Waals surface area contributed by atoms with Gasteiger partial charge in [0, 0.05) is 25.7 Å². The van der Waals surface area contributed by atoms with Crippen LogP contribution in [0.3, 0.4) is 0 Å². The summed E-state index contributed by atoms with van der Waals surface area (Å²) in [4.78, 5) is 6.24. The summed E-state index contributed by atoms with van der Waals surface area (Å²) in [5.74, 6) is 1.48. The largest absolute Gasteiger partial charge is 0.493 e. The van der Waals surface area contributed by atoms with E-state index >= 15 is 0 Å². The summed E-state index contributed by atoms with van der Waals surface area (Å²) in [6.07, 6.45) is 4.51. The summed E-state index contributed by atoms with van der Waals surface area (Å²) in [5.41, 5.74) is 9.03. The Kier molecular flexibility index (Phi) is 3.46. The van der Waals surface area contributed by atoms with Gasteiger partial charge < -0.3 is 15.4 Å². The van der Waals surface area contributed by atoms with Gasteiger partial charge in [-0.3, -0.25) is 4.98 Å². The second-order valence-electron chi connectivity index (χ2n) is 5.19. The molecule has 20 heavy (non-hydrogen) atoms. The molecule has 2 aromatic rings. The normalized spacial score (nSPS) is 17.1. The van der Waals surface area contributed by atoms with E-state index in [1.54, 1.807) is 12.4 Å². The molecule has 0 amide bonds. The molecule has 1 aromatic heterocycles. The molecule has 0 radical (unpaired) electrons. The molecule has 1 aliphatic rings. The number of nitrogens with two attached hydrogens (primary N) is 1. The molecule has 4 heteroatoms. The minimum atomic E-state index is 0.470. The van der Waals surface area contributed by atoms with E-state index in [1.165, 1.54) is 5.56 Å². The number of aromatic nitrogens is 1. The fraction of sp³-hybridized carbons (Fsp3) is 0.312. The number of pyridine rings is 1. The van der Waals surface area contributed by atoms with Crippen molar-refractivity contribution in [2.75, 3.05) is 30.8 Å². The molecule has 1 atom stereocenters. The van der Waals surface area contributed by atoms with E-state index in [2.05, 4.69) is 29.1 Å². The highest BCUT2D eigenvalue weighted by molar-refractivity contribution is 5.65. The molecule has 1 aliphatic heterocycles. The molecule has 104 valence electrons. The quantitative estimate of drug-likeness (QED) is 0.930. The van der Waals surface area contributed by atoms with E-state index in [4.69, 9.17) is 10.5 Å². The van der Waals surface area contributed by atoms with Gasteiger partial charge in [-0.15, -0.1) is 0 Å². The molecular weight excluding hydrogens is 250 g/mol. The van der Waals surface area contributed by atoms with Crippen molar-refractivity contribution in [3.05, 3.63) is 48.3 Å². The van der Waals surface area contributed by atoms with Crippen LogP contribution < -0.4 is 15.4 Å². The molecule has 0 fully saturated rings. The maximum absolute atomic E-state index is 5.99. The third-order valence-electron chi connectivity index (χ3n) is 3.82. The van der Waals surface area contributed by atoms with E-state index in [0.29, 0.717) is 5.92 Å². The highest BCUT2D eigenvalue weighted by atomic mass is 16.5. The maximum atomic E-state index is 5.99. The van der Waals surface area contributed by atoms with Crippen molar-refractivity contribution in [1.29, 1.82) is 0 Å². The Hall–Kier alpha value is -2.23. The van der Waals surface area contributed by atoms with Crippen LogP contribution in [0, 0.1) is 0 Å². The van der Waals surface area contributed by atoms with Crippen molar-refractivity contribution in [2.24, 2.45) is 0 Å². The van der Waals surface area contributed by atoms with Crippen molar-refractivity contribution < 1.29 is 4.74 Å². The van der Waals surface area contributed by atoms with Crippen LogP contribution in [0.25, 0.3) is 0 Å². The highest BCUT2D eigenvalue weighted by Gasteiger charge is 2.22. The summed E-state index contributed by atoms with van der Waals surface area (Å²) in [6, 6.07) is 10.2. The van der Waals surface area contributed by atoms with Gasteiger partial charge in [0.2, 0.25) is 0 Å². The van der Waals surface area contributed by atoms with Crippen LogP contribution in [0.4, 0.5) is 11.4 Å². The number of rotatable bonds is 3. The Morgan fingerprint density at radius 2 is 2.20 bits per heavy atom. The van der Waals surface area contributed by atoms with Crippen LogP contribution in [0.15, 0.2) is 42.7 Å². The first-order valence-corrected chi connectivity index (χ1v) is 6.88. The summed E-state index contributed by atoms with van der Waals surface area (Å²) in [7, 11) is 2.07. The Balaban J connectivity index is 1.81. The van der Waals surface area contributed by atoms with Gasteiger partial charge in [0.1, 0.15) is 5.75 Å². The predicted octanol–water partition coefficient (Wildman–Crippen LogP) is 2.67. The molecule has 4 nitrogen and oxygen atoms in total. The fourth-order valence-corrected chi connectivity index (χ4v) is 2.78. The molecule has 0 bridgehead atoms. The summed E-state index contributed by atoms with van der Waals surface area (Å²) < 4.78 is 5.71. The topological polar surface area (TPSA) is 51.4 Å². The lowest BCUT2D eigenvalue weighted by Gasteiger charge is -2.30. The van der Waals surface area contributed by atoms with Gasteiger partial charge in [0.15, 0.2) is 0 Å². The minimum Gasteiger partial charge on any atom is -0.493 e. The van der Waals surface area contributed by atoms with E-state index in [-0.39, 0.29) is 0 Å². The molecule has 1 unspecified atom stereocenters. The molecule has 2 N–H and O–H groups in total. The second-order valence-corrected chi connectivity index (χ2v) is 5.19. The molecule has 3 rings (SSSR count). The zero-order chi connectivity index (χ0) is 13.9. The van der Waals surface area contributed by atoms with Crippen LogP contribution in [0.2, 0.25) is 0 Å². The molecule has 0 spiro atoms. The molecule has 0 saturated carbocycles. The molecule has 0 saturated heterocycles. The van der Waals surface area contributed by atoms with Crippen LogP contribution in [0.1, 0.15) is 17.9 Å². The maximum Gasteiger partial charge on any atom is 0.122 e. The Bertz CT molecular complexity index is 600. The lowest BCUT2D eigenvalue weighted by atomic mass is 9.92. The average Bonchev–Trinajstić information content (AvgIpc) is 2.48. The van der Waals surface area contributed by atoms with Gasteiger partial charge in [-0.1, -0.05) is 18.2 Å².